The number of piperidine rings is 1. The lowest BCUT2D eigenvalue weighted by Gasteiger charge is -2.39. The molecule has 29 heavy (non-hydrogen) atoms. The summed E-state index contributed by atoms with van der Waals surface area (Å²) < 4.78 is 2.98. The van der Waals surface area contributed by atoms with Gasteiger partial charge >= 0.3 is 6.03 Å². The number of carbonyl (C=O) groups excluding carboxylic acids is 2. The number of nitrogens with zero attached hydrogens (tertiary/aromatic N) is 3. The van der Waals surface area contributed by atoms with Gasteiger partial charge in [0.2, 0.25) is 6.41 Å². The van der Waals surface area contributed by atoms with Gasteiger partial charge in [0.15, 0.2) is 0 Å². The molecule has 0 radical (unpaired) electrons. The van der Waals surface area contributed by atoms with Gasteiger partial charge in [0.1, 0.15) is 11.5 Å². The van der Waals surface area contributed by atoms with E-state index in [2.05, 4.69) is 26.7 Å². The molecule has 1 aliphatic carbocycles. The SMILES string of the molecule is CCSNC(=O)N1C2CCC1CC(c1cc(N(C=O)C3CC3)nc3[nH]ccc13)C2. The molecule has 0 spiro atoms. The average Bonchev–Trinajstić information content (AvgIpc) is 3.38. The van der Waals surface area contributed by atoms with E-state index in [4.69, 9.17) is 4.98 Å². The van der Waals surface area contributed by atoms with Gasteiger partial charge in [-0.15, -0.1) is 0 Å². The number of hydrogen-bond donors (Lipinski definition) is 2. The van der Waals surface area contributed by atoms with Gasteiger partial charge < -0.3 is 9.88 Å². The summed E-state index contributed by atoms with van der Waals surface area (Å²) in [5, 5.41) is 1.14. The molecule has 154 valence electrons. The number of amides is 3. The van der Waals surface area contributed by atoms with E-state index >= 15 is 0 Å². The average molecular weight is 414 g/mol. The Labute approximate surface area is 174 Å². The first-order valence-electron chi connectivity index (χ1n) is 10.6. The summed E-state index contributed by atoms with van der Waals surface area (Å²) in [6, 6.07) is 5.13. The van der Waals surface area contributed by atoms with Crippen molar-refractivity contribution < 1.29 is 9.59 Å². The fourth-order valence-corrected chi connectivity index (χ4v) is 5.52. The highest BCUT2D eigenvalue weighted by atomic mass is 32.2. The van der Waals surface area contributed by atoms with Gasteiger partial charge in [0.05, 0.1) is 0 Å². The van der Waals surface area contributed by atoms with E-state index in [9.17, 15) is 9.59 Å². The van der Waals surface area contributed by atoms with Gasteiger partial charge in [-0.05, 0) is 74.1 Å². The zero-order valence-electron chi connectivity index (χ0n) is 16.6. The molecular formula is C21H27N5O2S. The number of nitrogens with one attached hydrogen (secondary N) is 2. The fourth-order valence-electron chi connectivity index (χ4n) is 5.15. The highest BCUT2D eigenvalue weighted by Crippen LogP contribution is 2.45. The van der Waals surface area contributed by atoms with Crippen molar-refractivity contribution >= 4 is 41.2 Å². The largest absolute Gasteiger partial charge is 0.346 e. The molecule has 3 aliphatic rings. The number of aromatic amines is 1. The van der Waals surface area contributed by atoms with Crippen molar-refractivity contribution in [3.63, 3.8) is 0 Å². The topological polar surface area (TPSA) is 81.3 Å². The van der Waals surface area contributed by atoms with Crippen molar-refractivity contribution in [3.05, 3.63) is 23.9 Å². The van der Waals surface area contributed by atoms with Gasteiger partial charge in [0, 0.05) is 35.5 Å². The number of anilines is 1. The Bertz CT molecular complexity index is 913. The zero-order valence-corrected chi connectivity index (χ0v) is 17.5. The van der Waals surface area contributed by atoms with Crippen molar-refractivity contribution in [2.75, 3.05) is 10.7 Å². The zero-order chi connectivity index (χ0) is 20.0. The van der Waals surface area contributed by atoms with Crippen LogP contribution in [-0.4, -0.2) is 51.2 Å². The number of carbonyl (C=O) groups is 2. The van der Waals surface area contributed by atoms with Crippen LogP contribution in [-0.2, 0) is 4.79 Å². The van der Waals surface area contributed by atoms with Crippen LogP contribution in [0.4, 0.5) is 10.6 Å². The first-order valence-corrected chi connectivity index (χ1v) is 11.6. The van der Waals surface area contributed by atoms with Crippen molar-refractivity contribution in [1.82, 2.24) is 19.6 Å². The predicted molar refractivity (Wildman–Crippen MR) is 115 cm³/mol. The van der Waals surface area contributed by atoms with E-state index in [1.165, 1.54) is 17.5 Å². The highest BCUT2D eigenvalue weighted by Gasteiger charge is 2.44. The highest BCUT2D eigenvalue weighted by molar-refractivity contribution is 7.97. The smallest absolute Gasteiger partial charge is 0.327 e. The van der Waals surface area contributed by atoms with Crippen LogP contribution >= 0.6 is 11.9 Å². The second-order valence-electron chi connectivity index (χ2n) is 8.35. The number of rotatable bonds is 6. The maximum atomic E-state index is 12.6. The Hall–Kier alpha value is -2.22. The van der Waals surface area contributed by atoms with E-state index in [0.717, 1.165) is 67.5 Å². The quantitative estimate of drug-likeness (QED) is 0.558. The summed E-state index contributed by atoms with van der Waals surface area (Å²) in [7, 11) is 0. The van der Waals surface area contributed by atoms with E-state index in [1.807, 2.05) is 13.1 Å². The molecule has 2 aromatic heterocycles. The van der Waals surface area contributed by atoms with Gasteiger partial charge in [-0.3, -0.25) is 14.4 Å². The molecule has 4 heterocycles. The molecule has 7 nitrogen and oxygen atoms in total. The summed E-state index contributed by atoms with van der Waals surface area (Å²) in [5.74, 6) is 2.00. The van der Waals surface area contributed by atoms with Crippen LogP contribution in [0, 0.1) is 0 Å². The molecule has 2 unspecified atom stereocenters. The second kappa shape index (κ2) is 7.55. The minimum Gasteiger partial charge on any atom is -0.346 e. The number of hydrogen-bond acceptors (Lipinski definition) is 4. The summed E-state index contributed by atoms with van der Waals surface area (Å²) in [6.07, 6.45) is 9.01. The molecule has 2 bridgehead atoms. The Kier molecular flexibility index (Phi) is 4.89. The number of H-pyrrole nitrogens is 1. The van der Waals surface area contributed by atoms with Gasteiger partial charge in [0.25, 0.3) is 0 Å². The molecule has 1 saturated carbocycles. The van der Waals surface area contributed by atoms with Crippen LogP contribution in [0.2, 0.25) is 0 Å². The predicted octanol–water partition coefficient (Wildman–Crippen LogP) is 3.78. The van der Waals surface area contributed by atoms with Crippen LogP contribution in [0.1, 0.15) is 56.9 Å². The molecule has 5 rings (SSSR count). The number of pyridine rings is 1. The normalized spacial score (nSPS) is 26.0. The van der Waals surface area contributed by atoms with Crippen molar-refractivity contribution in [2.24, 2.45) is 0 Å². The van der Waals surface area contributed by atoms with E-state index < -0.39 is 0 Å². The Morgan fingerprint density at radius 3 is 2.76 bits per heavy atom. The molecule has 2 N–H and O–H groups in total. The standard InChI is InChI=1S/C21H27N5O2S/c1-2-29-24-21(28)26-15-5-6-16(26)10-13(9-15)18-11-19(25(12-27)14-3-4-14)23-20-17(18)7-8-22-20/h7-8,11-16H,2-6,9-10H2,1H3,(H,22,23)(H,24,28). The number of urea groups is 1. The maximum Gasteiger partial charge on any atom is 0.327 e. The molecule has 2 aliphatic heterocycles. The van der Waals surface area contributed by atoms with E-state index in [1.54, 1.807) is 4.90 Å². The van der Waals surface area contributed by atoms with Crippen LogP contribution in [0.5, 0.6) is 0 Å². The summed E-state index contributed by atoms with van der Waals surface area (Å²) in [6.45, 7) is 2.04. The molecule has 2 saturated heterocycles. The van der Waals surface area contributed by atoms with Gasteiger partial charge in [-0.25, -0.2) is 9.78 Å². The maximum absolute atomic E-state index is 12.6. The third kappa shape index (κ3) is 3.37. The molecular weight excluding hydrogens is 386 g/mol. The third-order valence-electron chi connectivity index (χ3n) is 6.58. The monoisotopic (exact) mass is 413 g/mol. The Balaban J connectivity index is 1.44. The third-order valence-corrected chi connectivity index (χ3v) is 7.18. The summed E-state index contributed by atoms with van der Waals surface area (Å²) in [5.41, 5.74) is 2.11. The lowest BCUT2D eigenvalue weighted by atomic mass is 9.84. The van der Waals surface area contributed by atoms with E-state index in [0.29, 0.717) is 5.92 Å². The van der Waals surface area contributed by atoms with E-state index in [-0.39, 0.29) is 24.2 Å². The first-order chi connectivity index (χ1) is 14.2. The van der Waals surface area contributed by atoms with Crippen LogP contribution in [0.25, 0.3) is 11.0 Å². The van der Waals surface area contributed by atoms with Gasteiger partial charge in [-0.1, -0.05) is 6.92 Å². The fraction of sp³-hybridized carbons (Fsp3) is 0.571. The summed E-state index contributed by atoms with van der Waals surface area (Å²) in [4.78, 5) is 36.1. The lowest BCUT2D eigenvalue weighted by Crippen LogP contribution is -2.49. The van der Waals surface area contributed by atoms with Crippen molar-refractivity contribution in [2.45, 2.75) is 69.5 Å². The Morgan fingerprint density at radius 1 is 1.34 bits per heavy atom. The molecule has 2 aromatic rings. The molecule has 0 aromatic carbocycles. The lowest BCUT2D eigenvalue weighted by molar-refractivity contribution is -0.107. The second-order valence-corrected chi connectivity index (χ2v) is 9.42. The van der Waals surface area contributed by atoms with Gasteiger partial charge in [-0.2, -0.15) is 0 Å². The molecule has 2 atom stereocenters. The minimum atomic E-state index is 0.0610. The number of aromatic nitrogens is 2. The van der Waals surface area contributed by atoms with Crippen molar-refractivity contribution in [3.8, 4) is 0 Å². The van der Waals surface area contributed by atoms with Crippen LogP contribution in [0.3, 0.4) is 0 Å². The summed E-state index contributed by atoms with van der Waals surface area (Å²) >= 11 is 1.47. The molecule has 8 heteroatoms. The number of fused-ring (bicyclic) bond motifs is 3. The molecule has 3 fully saturated rings. The minimum absolute atomic E-state index is 0.0610. The Morgan fingerprint density at radius 2 is 2.10 bits per heavy atom. The molecule has 3 amide bonds. The first kappa shape index (κ1) is 18.8. The van der Waals surface area contributed by atoms with Crippen LogP contribution in [0.15, 0.2) is 18.3 Å². The van der Waals surface area contributed by atoms with Crippen LogP contribution < -0.4 is 9.62 Å². The van der Waals surface area contributed by atoms with Crippen molar-refractivity contribution in [1.29, 1.82) is 0 Å².